The van der Waals surface area contributed by atoms with Crippen molar-refractivity contribution in [1.82, 2.24) is 20.3 Å². The minimum Gasteiger partial charge on any atom is -0.454 e. The number of carbonyl (C=O) groups excluding carboxylic acids is 2. The number of anilines is 1. The van der Waals surface area contributed by atoms with Gasteiger partial charge in [0.05, 0.1) is 5.52 Å². The molecule has 2 heterocycles. The molecule has 1 aromatic heterocycles. The molecule has 1 saturated carbocycles. The lowest BCUT2D eigenvalue weighted by Gasteiger charge is -2.33. The fraction of sp³-hybridized carbons (Fsp3) is 0.310. The van der Waals surface area contributed by atoms with Gasteiger partial charge < -0.3 is 14.8 Å². The van der Waals surface area contributed by atoms with Gasteiger partial charge in [-0.15, -0.1) is 5.10 Å². The lowest BCUT2D eigenvalue weighted by molar-refractivity contribution is -0.127. The fourth-order valence-electron chi connectivity index (χ4n) is 5.33. The van der Waals surface area contributed by atoms with Gasteiger partial charge in [0.1, 0.15) is 23.9 Å². The molecule has 6 rings (SSSR count). The second-order valence-electron chi connectivity index (χ2n) is 9.80. The van der Waals surface area contributed by atoms with Crippen molar-refractivity contribution >= 4 is 28.5 Å². The summed E-state index contributed by atoms with van der Waals surface area (Å²) in [5, 5.41) is 11.4. The maximum absolute atomic E-state index is 15.3. The van der Waals surface area contributed by atoms with E-state index in [-0.39, 0.29) is 24.9 Å². The molecule has 3 aromatic carbocycles. The van der Waals surface area contributed by atoms with E-state index < -0.39 is 23.7 Å². The van der Waals surface area contributed by atoms with Gasteiger partial charge in [0.25, 0.3) is 0 Å². The van der Waals surface area contributed by atoms with Crippen LogP contribution in [-0.4, -0.2) is 39.6 Å². The third kappa shape index (κ3) is 5.01. The molecule has 1 fully saturated rings. The molecule has 4 aromatic rings. The number of benzene rings is 3. The highest BCUT2D eigenvalue weighted by Gasteiger charge is 2.36. The molecular weight excluding hydrogens is 501 g/mol. The van der Waals surface area contributed by atoms with Gasteiger partial charge in [0.15, 0.2) is 11.5 Å². The quantitative estimate of drug-likeness (QED) is 0.378. The van der Waals surface area contributed by atoms with E-state index in [1.807, 2.05) is 18.2 Å². The molecule has 0 spiro atoms. The Morgan fingerprint density at radius 3 is 2.62 bits per heavy atom. The van der Waals surface area contributed by atoms with Crippen molar-refractivity contribution in [3.63, 3.8) is 0 Å². The van der Waals surface area contributed by atoms with Gasteiger partial charge in [-0.25, -0.2) is 9.07 Å². The van der Waals surface area contributed by atoms with Crippen LogP contribution in [0.3, 0.4) is 0 Å². The molecule has 1 atom stereocenters. The van der Waals surface area contributed by atoms with Gasteiger partial charge in [0.2, 0.25) is 18.6 Å². The van der Waals surface area contributed by atoms with Gasteiger partial charge in [-0.2, -0.15) is 0 Å². The molecule has 0 bridgehead atoms. The minimum atomic E-state index is -1.27. The zero-order chi connectivity index (χ0) is 26.8. The van der Waals surface area contributed by atoms with E-state index >= 15 is 4.39 Å². The Morgan fingerprint density at radius 1 is 1.00 bits per heavy atom. The fourth-order valence-corrected chi connectivity index (χ4v) is 5.33. The van der Waals surface area contributed by atoms with Crippen molar-refractivity contribution in [1.29, 1.82) is 0 Å². The Morgan fingerprint density at radius 2 is 1.77 bits per heavy atom. The number of nitrogens with zero attached hydrogens (tertiary/aromatic N) is 4. The van der Waals surface area contributed by atoms with Crippen molar-refractivity contribution in [3.05, 3.63) is 78.1 Å². The van der Waals surface area contributed by atoms with Crippen molar-refractivity contribution in [2.45, 2.75) is 50.7 Å². The highest BCUT2D eigenvalue weighted by Crippen LogP contribution is 2.39. The van der Waals surface area contributed by atoms with Gasteiger partial charge >= 0.3 is 0 Å². The largest absolute Gasteiger partial charge is 0.454 e. The van der Waals surface area contributed by atoms with E-state index in [0.717, 1.165) is 32.1 Å². The first kappa shape index (κ1) is 24.8. The summed E-state index contributed by atoms with van der Waals surface area (Å²) in [6.45, 7) is -0.160. The van der Waals surface area contributed by atoms with Crippen LogP contribution in [0, 0.1) is 5.82 Å². The van der Waals surface area contributed by atoms with Gasteiger partial charge in [0, 0.05) is 23.4 Å². The second-order valence-corrected chi connectivity index (χ2v) is 9.80. The van der Waals surface area contributed by atoms with E-state index in [9.17, 15) is 9.59 Å². The average Bonchev–Trinajstić information content (AvgIpc) is 3.59. The summed E-state index contributed by atoms with van der Waals surface area (Å²) in [6.07, 6.45) is 4.84. The molecule has 2 amide bonds. The van der Waals surface area contributed by atoms with E-state index in [0.29, 0.717) is 28.2 Å². The van der Waals surface area contributed by atoms with Crippen LogP contribution in [0.2, 0.25) is 0 Å². The molecule has 0 unspecified atom stereocenters. The number of hydrogen-bond donors (Lipinski definition) is 1. The summed E-state index contributed by atoms with van der Waals surface area (Å²) in [6, 6.07) is 17.0. The number of fused-ring (bicyclic) bond motifs is 2. The normalized spacial score (nSPS) is 15.7. The Balaban J connectivity index is 1.43. The number of carbonyl (C=O) groups is 2. The molecule has 0 radical (unpaired) electrons. The third-order valence-electron chi connectivity index (χ3n) is 7.27. The maximum Gasteiger partial charge on any atom is 0.249 e. The van der Waals surface area contributed by atoms with Crippen LogP contribution in [0.25, 0.3) is 11.0 Å². The lowest BCUT2D eigenvalue weighted by atomic mass is 9.94. The topological polar surface area (TPSA) is 98.6 Å². The Hall–Kier alpha value is -4.47. The standard InChI is InChI=1S/C29H28FN5O4/c30-22-11-5-4-10-21(22)28(29(37)31-19-8-2-1-3-9-19)35(20-14-15-25-26(16-20)39-18-38-25)27(36)17-34-24-13-7-6-12-23(24)32-33-34/h4-7,10-16,19,28H,1-3,8-9,17-18H2,(H,31,37)/t28-/m1/s1. The van der Waals surface area contributed by atoms with Crippen LogP contribution < -0.4 is 19.7 Å². The Kier molecular flexibility index (Phi) is 6.83. The summed E-state index contributed by atoms with van der Waals surface area (Å²) in [5.41, 5.74) is 1.78. The molecule has 1 aliphatic carbocycles. The third-order valence-corrected chi connectivity index (χ3v) is 7.27. The van der Waals surface area contributed by atoms with Crippen LogP contribution in [0.1, 0.15) is 43.7 Å². The second kappa shape index (κ2) is 10.7. The highest BCUT2D eigenvalue weighted by molar-refractivity contribution is 6.02. The monoisotopic (exact) mass is 529 g/mol. The van der Waals surface area contributed by atoms with E-state index in [1.165, 1.54) is 15.6 Å². The number of nitrogens with one attached hydrogen (secondary N) is 1. The maximum atomic E-state index is 15.3. The molecule has 39 heavy (non-hydrogen) atoms. The summed E-state index contributed by atoms with van der Waals surface area (Å²) in [7, 11) is 0. The van der Waals surface area contributed by atoms with E-state index in [2.05, 4.69) is 15.6 Å². The number of ether oxygens (including phenoxy) is 2. The smallest absolute Gasteiger partial charge is 0.249 e. The van der Waals surface area contributed by atoms with Crippen molar-refractivity contribution < 1.29 is 23.5 Å². The van der Waals surface area contributed by atoms with Gasteiger partial charge in [-0.3, -0.25) is 14.5 Å². The minimum absolute atomic E-state index is 0.0338. The summed E-state index contributed by atoms with van der Waals surface area (Å²) in [4.78, 5) is 29.4. The molecule has 2 aliphatic rings. The molecule has 1 aliphatic heterocycles. The Labute approximate surface area is 224 Å². The summed E-state index contributed by atoms with van der Waals surface area (Å²) >= 11 is 0. The van der Waals surface area contributed by atoms with Crippen LogP contribution in [0.4, 0.5) is 10.1 Å². The first-order valence-electron chi connectivity index (χ1n) is 13.1. The zero-order valence-corrected chi connectivity index (χ0v) is 21.3. The molecule has 1 N–H and O–H groups in total. The van der Waals surface area contributed by atoms with Gasteiger partial charge in [-0.1, -0.05) is 54.8 Å². The predicted octanol–water partition coefficient (Wildman–Crippen LogP) is 4.52. The molecule has 9 nitrogen and oxygen atoms in total. The molecule has 200 valence electrons. The Bertz CT molecular complexity index is 1520. The van der Waals surface area contributed by atoms with Gasteiger partial charge in [-0.05, 0) is 43.2 Å². The van der Waals surface area contributed by atoms with Crippen LogP contribution in [-0.2, 0) is 16.1 Å². The number of para-hydroxylation sites is 1. The number of hydrogen-bond acceptors (Lipinski definition) is 6. The van der Waals surface area contributed by atoms with E-state index in [1.54, 1.807) is 42.5 Å². The van der Waals surface area contributed by atoms with Crippen LogP contribution in [0.15, 0.2) is 66.7 Å². The predicted molar refractivity (Wildman–Crippen MR) is 142 cm³/mol. The molecular formula is C29H28FN5O4. The first-order chi connectivity index (χ1) is 19.1. The van der Waals surface area contributed by atoms with Crippen molar-refractivity contribution in [2.75, 3.05) is 11.7 Å². The average molecular weight is 530 g/mol. The number of halogens is 1. The number of aromatic nitrogens is 3. The van der Waals surface area contributed by atoms with Crippen LogP contribution >= 0.6 is 0 Å². The number of rotatable bonds is 7. The lowest BCUT2D eigenvalue weighted by Crippen LogP contribution is -2.48. The van der Waals surface area contributed by atoms with Crippen molar-refractivity contribution in [2.24, 2.45) is 0 Å². The summed E-state index contributed by atoms with van der Waals surface area (Å²) < 4.78 is 27.8. The number of amides is 2. The van der Waals surface area contributed by atoms with E-state index in [4.69, 9.17) is 9.47 Å². The zero-order valence-electron chi connectivity index (χ0n) is 21.3. The first-order valence-corrected chi connectivity index (χ1v) is 13.1. The molecule has 0 saturated heterocycles. The SMILES string of the molecule is O=C(NC1CCCCC1)[C@@H](c1ccccc1F)N(C(=O)Cn1nnc2ccccc21)c1ccc2c(c1)OCO2. The van der Waals surface area contributed by atoms with Crippen molar-refractivity contribution in [3.8, 4) is 11.5 Å². The summed E-state index contributed by atoms with van der Waals surface area (Å²) in [5.74, 6) is -0.511. The highest BCUT2D eigenvalue weighted by atomic mass is 19.1. The van der Waals surface area contributed by atoms with Crippen LogP contribution in [0.5, 0.6) is 11.5 Å². The molecule has 10 heteroatoms.